The summed E-state index contributed by atoms with van der Waals surface area (Å²) in [6.07, 6.45) is 3.73. The Labute approximate surface area is 155 Å². The number of ether oxygens (including phenoxy) is 1. The number of rotatable bonds is 3. The standard InChI is InChI=1S/C19H19N3O3S/c20-13-5-6-15-16(10-13)25-17(11-14-4-3-9-26-14)19(24)22(15)12-18(23)21-7-1-2-8-21/h3-6,9-11H,1-2,7-8,12,20H2/b17-11+. The molecule has 0 atom stereocenters. The first-order chi connectivity index (χ1) is 12.6. The van der Waals surface area contributed by atoms with E-state index < -0.39 is 0 Å². The molecule has 1 saturated heterocycles. The number of anilines is 2. The average Bonchev–Trinajstić information content (AvgIpc) is 3.32. The van der Waals surface area contributed by atoms with Crippen molar-refractivity contribution in [3.05, 3.63) is 46.3 Å². The number of amides is 2. The van der Waals surface area contributed by atoms with Gasteiger partial charge in [-0.2, -0.15) is 0 Å². The molecule has 0 spiro atoms. The molecule has 1 fully saturated rings. The summed E-state index contributed by atoms with van der Waals surface area (Å²) in [5, 5.41) is 1.93. The van der Waals surface area contributed by atoms with E-state index in [1.807, 2.05) is 22.4 Å². The third-order valence-corrected chi connectivity index (χ3v) is 5.34. The number of nitrogens with two attached hydrogens (primary N) is 1. The second-order valence-corrected chi connectivity index (χ2v) is 7.31. The van der Waals surface area contributed by atoms with E-state index in [1.54, 1.807) is 24.3 Å². The van der Waals surface area contributed by atoms with Crippen LogP contribution in [-0.4, -0.2) is 36.3 Å². The Hall–Kier alpha value is -2.80. The molecule has 2 amide bonds. The lowest BCUT2D eigenvalue weighted by Crippen LogP contribution is -2.45. The van der Waals surface area contributed by atoms with Gasteiger partial charge in [-0.1, -0.05) is 6.07 Å². The molecule has 1 aromatic carbocycles. The fourth-order valence-electron chi connectivity index (χ4n) is 3.19. The number of likely N-dealkylation sites (tertiary alicyclic amines) is 1. The molecule has 1 aromatic heterocycles. The molecule has 2 aliphatic rings. The number of carbonyl (C=O) groups excluding carboxylic acids is 2. The zero-order valence-corrected chi connectivity index (χ0v) is 15.0. The smallest absolute Gasteiger partial charge is 0.294 e. The Bertz CT molecular complexity index is 870. The molecule has 7 heteroatoms. The van der Waals surface area contributed by atoms with Crippen LogP contribution in [0.15, 0.2) is 41.5 Å². The van der Waals surface area contributed by atoms with Crippen molar-refractivity contribution in [2.75, 3.05) is 30.3 Å². The molecule has 2 aliphatic heterocycles. The normalized spacial score (nSPS) is 18.2. The maximum Gasteiger partial charge on any atom is 0.294 e. The van der Waals surface area contributed by atoms with Crippen molar-refractivity contribution in [2.24, 2.45) is 0 Å². The van der Waals surface area contributed by atoms with Gasteiger partial charge in [-0.15, -0.1) is 11.3 Å². The van der Waals surface area contributed by atoms with Crippen LogP contribution in [0.2, 0.25) is 0 Å². The summed E-state index contributed by atoms with van der Waals surface area (Å²) in [6, 6.07) is 8.92. The van der Waals surface area contributed by atoms with Gasteiger partial charge < -0.3 is 15.4 Å². The fourth-order valence-corrected chi connectivity index (χ4v) is 3.84. The monoisotopic (exact) mass is 369 g/mol. The Kier molecular flexibility index (Phi) is 4.38. The van der Waals surface area contributed by atoms with E-state index in [4.69, 9.17) is 10.5 Å². The molecule has 0 bridgehead atoms. The molecule has 3 heterocycles. The third kappa shape index (κ3) is 3.17. The van der Waals surface area contributed by atoms with Crippen LogP contribution in [0.4, 0.5) is 11.4 Å². The fraction of sp³-hybridized carbons (Fsp3) is 0.263. The van der Waals surface area contributed by atoms with Crippen LogP contribution in [0.25, 0.3) is 6.08 Å². The zero-order valence-electron chi connectivity index (χ0n) is 14.2. The van der Waals surface area contributed by atoms with Crippen LogP contribution in [0.1, 0.15) is 17.7 Å². The number of hydrogen-bond acceptors (Lipinski definition) is 5. The largest absolute Gasteiger partial charge is 0.449 e. The quantitative estimate of drug-likeness (QED) is 0.667. The first-order valence-corrected chi connectivity index (χ1v) is 9.42. The molecule has 2 N–H and O–H groups in total. The zero-order chi connectivity index (χ0) is 18.1. The summed E-state index contributed by atoms with van der Waals surface area (Å²) < 4.78 is 5.81. The Balaban J connectivity index is 1.68. The van der Waals surface area contributed by atoms with E-state index in [1.165, 1.54) is 16.2 Å². The third-order valence-electron chi connectivity index (χ3n) is 4.52. The van der Waals surface area contributed by atoms with Gasteiger partial charge in [0.25, 0.3) is 5.91 Å². The van der Waals surface area contributed by atoms with Crippen LogP contribution in [0, 0.1) is 0 Å². The topological polar surface area (TPSA) is 75.9 Å². The summed E-state index contributed by atoms with van der Waals surface area (Å²) in [4.78, 5) is 29.8. The minimum Gasteiger partial charge on any atom is -0.449 e. The van der Waals surface area contributed by atoms with Crippen molar-refractivity contribution in [1.82, 2.24) is 4.90 Å². The number of nitrogen functional groups attached to an aromatic ring is 1. The van der Waals surface area contributed by atoms with E-state index in [2.05, 4.69) is 0 Å². The van der Waals surface area contributed by atoms with Gasteiger partial charge in [-0.25, -0.2) is 0 Å². The van der Waals surface area contributed by atoms with Crippen LogP contribution < -0.4 is 15.4 Å². The lowest BCUT2D eigenvalue weighted by atomic mass is 10.2. The molecular formula is C19H19N3O3S. The SMILES string of the molecule is Nc1ccc2c(c1)O/C(=C/c1cccs1)C(=O)N2CC(=O)N1CCCC1. The van der Waals surface area contributed by atoms with Gasteiger partial charge in [-0.3, -0.25) is 14.5 Å². The highest BCUT2D eigenvalue weighted by molar-refractivity contribution is 7.10. The van der Waals surface area contributed by atoms with Crippen LogP contribution in [0.3, 0.4) is 0 Å². The summed E-state index contributed by atoms with van der Waals surface area (Å²) in [5.41, 5.74) is 6.98. The van der Waals surface area contributed by atoms with Crippen molar-refractivity contribution in [3.8, 4) is 5.75 Å². The Morgan fingerprint density at radius 1 is 1.27 bits per heavy atom. The summed E-state index contributed by atoms with van der Waals surface area (Å²) in [7, 11) is 0. The van der Waals surface area contributed by atoms with Crippen molar-refractivity contribution in [2.45, 2.75) is 12.8 Å². The molecule has 0 radical (unpaired) electrons. The lowest BCUT2D eigenvalue weighted by Gasteiger charge is -2.31. The Morgan fingerprint density at radius 3 is 2.81 bits per heavy atom. The van der Waals surface area contributed by atoms with Crippen molar-refractivity contribution < 1.29 is 14.3 Å². The number of fused-ring (bicyclic) bond motifs is 1. The number of hydrogen-bond donors (Lipinski definition) is 1. The number of thiophene rings is 1. The van der Waals surface area contributed by atoms with Gasteiger partial charge in [0, 0.05) is 35.8 Å². The van der Waals surface area contributed by atoms with Crippen LogP contribution >= 0.6 is 11.3 Å². The van der Waals surface area contributed by atoms with E-state index in [0.717, 1.165) is 30.8 Å². The lowest BCUT2D eigenvalue weighted by molar-refractivity contribution is -0.130. The maximum atomic E-state index is 13.0. The van der Waals surface area contributed by atoms with E-state index in [0.29, 0.717) is 17.1 Å². The van der Waals surface area contributed by atoms with Crippen LogP contribution in [0.5, 0.6) is 5.75 Å². The second-order valence-electron chi connectivity index (χ2n) is 6.33. The molecule has 0 unspecified atom stereocenters. The van der Waals surface area contributed by atoms with Gasteiger partial charge in [0.05, 0.1) is 5.69 Å². The minimum absolute atomic E-state index is 0.000885. The second kappa shape index (κ2) is 6.84. The molecule has 26 heavy (non-hydrogen) atoms. The summed E-state index contributed by atoms with van der Waals surface area (Å²) in [5.74, 6) is 0.320. The molecule has 4 rings (SSSR count). The van der Waals surface area contributed by atoms with E-state index >= 15 is 0 Å². The van der Waals surface area contributed by atoms with Crippen molar-refractivity contribution in [1.29, 1.82) is 0 Å². The summed E-state index contributed by atoms with van der Waals surface area (Å²) >= 11 is 1.51. The highest BCUT2D eigenvalue weighted by atomic mass is 32.1. The van der Waals surface area contributed by atoms with E-state index in [9.17, 15) is 9.59 Å². The first kappa shape index (κ1) is 16.7. The highest BCUT2D eigenvalue weighted by Crippen LogP contribution is 2.37. The number of benzene rings is 1. The predicted octanol–water partition coefficient (Wildman–Crippen LogP) is 2.72. The van der Waals surface area contributed by atoms with E-state index in [-0.39, 0.29) is 24.1 Å². The maximum absolute atomic E-state index is 13.0. The highest BCUT2D eigenvalue weighted by Gasteiger charge is 2.33. The molecule has 0 saturated carbocycles. The molecular weight excluding hydrogens is 350 g/mol. The van der Waals surface area contributed by atoms with Gasteiger partial charge in [0.15, 0.2) is 11.5 Å². The number of carbonyl (C=O) groups is 2. The summed E-state index contributed by atoms with van der Waals surface area (Å²) in [6.45, 7) is 1.51. The van der Waals surface area contributed by atoms with Crippen molar-refractivity contribution >= 4 is 40.6 Å². The van der Waals surface area contributed by atoms with Gasteiger partial charge >= 0.3 is 0 Å². The van der Waals surface area contributed by atoms with Crippen LogP contribution in [-0.2, 0) is 9.59 Å². The predicted molar refractivity (Wildman–Crippen MR) is 102 cm³/mol. The number of nitrogens with zero attached hydrogens (tertiary/aromatic N) is 2. The van der Waals surface area contributed by atoms with Crippen molar-refractivity contribution in [3.63, 3.8) is 0 Å². The first-order valence-electron chi connectivity index (χ1n) is 8.54. The van der Waals surface area contributed by atoms with Gasteiger partial charge in [0.2, 0.25) is 5.91 Å². The average molecular weight is 369 g/mol. The minimum atomic E-state index is -0.316. The molecule has 6 nitrogen and oxygen atoms in total. The van der Waals surface area contributed by atoms with Gasteiger partial charge in [-0.05, 0) is 36.4 Å². The molecule has 134 valence electrons. The molecule has 2 aromatic rings. The molecule has 0 aliphatic carbocycles. The Morgan fingerprint density at radius 2 is 2.08 bits per heavy atom. The van der Waals surface area contributed by atoms with Gasteiger partial charge in [0.1, 0.15) is 6.54 Å².